The number of hydrogen-bond donors (Lipinski definition) is 2. The summed E-state index contributed by atoms with van der Waals surface area (Å²) in [6, 6.07) is 9.31. The maximum absolute atomic E-state index is 13.2. The quantitative estimate of drug-likeness (QED) is 0.542. The number of thioether (sulfide) groups is 1. The van der Waals surface area contributed by atoms with E-state index in [0.29, 0.717) is 5.75 Å². The van der Waals surface area contributed by atoms with E-state index in [-0.39, 0.29) is 24.6 Å². The molecule has 2 amide bonds. The van der Waals surface area contributed by atoms with Crippen molar-refractivity contribution in [3.63, 3.8) is 0 Å². The standard InChI is InChI=1S/C19H17N3O4S2/c23-15(11-13-5-4-9-27-13)20-19(12-21-7-2-1-3-8-21)17(26)22-14(16(24)25)6-10-28-18(19)22/h1-9,18H,10-12H2,(H-,20,23,24,25)/p+1/t18-,19?/m0/s1. The summed E-state index contributed by atoms with van der Waals surface area (Å²) >= 11 is 2.94. The van der Waals surface area contributed by atoms with E-state index in [2.05, 4.69) is 5.32 Å². The van der Waals surface area contributed by atoms with Gasteiger partial charge in [-0.05, 0) is 17.5 Å². The summed E-state index contributed by atoms with van der Waals surface area (Å²) in [6.07, 6.45) is 5.37. The second kappa shape index (κ2) is 7.40. The number of pyridine rings is 1. The maximum atomic E-state index is 13.2. The Morgan fingerprint density at radius 2 is 2.07 bits per heavy atom. The van der Waals surface area contributed by atoms with E-state index in [1.807, 2.05) is 52.7 Å². The molecule has 1 saturated heterocycles. The van der Waals surface area contributed by atoms with Gasteiger partial charge in [-0.3, -0.25) is 14.5 Å². The van der Waals surface area contributed by atoms with Crippen LogP contribution in [0, 0.1) is 0 Å². The Bertz CT molecular complexity index is 945. The molecule has 0 radical (unpaired) electrons. The number of amides is 2. The minimum absolute atomic E-state index is 0.0186. The molecule has 0 aliphatic carbocycles. The van der Waals surface area contributed by atoms with E-state index in [1.165, 1.54) is 34.1 Å². The summed E-state index contributed by atoms with van der Waals surface area (Å²) in [7, 11) is 0. The van der Waals surface area contributed by atoms with Gasteiger partial charge in [0.05, 0.1) is 6.42 Å². The van der Waals surface area contributed by atoms with Crippen LogP contribution in [0.25, 0.3) is 0 Å². The lowest BCUT2D eigenvalue weighted by Gasteiger charge is -2.54. The zero-order valence-corrected chi connectivity index (χ0v) is 16.4. The normalized spacial score (nSPS) is 23.4. The third kappa shape index (κ3) is 3.20. The number of aromatic nitrogens is 1. The number of carbonyl (C=O) groups excluding carboxylic acids is 2. The van der Waals surface area contributed by atoms with Crippen molar-refractivity contribution in [2.75, 3.05) is 5.75 Å². The molecular weight excluding hydrogens is 398 g/mol. The van der Waals surface area contributed by atoms with Crippen LogP contribution in [-0.4, -0.2) is 44.5 Å². The molecule has 1 unspecified atom stereocenters. The largest absolute Gasteiger partial charge is 0.477 e. The van der Waals surface area contributed by atoms with Crippen molar-refractivity contribution in [1.82, 2.24) is 10.2 Å². The Balaban J connectivity index is 1.63. The van der Waals surface area contributed by atoms with Crippen LogP contribution in [-0.2, 0) is 27.3 Å². The molecule has 4 heterocycles. The third-order valence-electron chi connectivity index (χ3n) is 4.75. The number of nitrogens with zero attached hydrogens (tertiary/aromatic N) is 2. The average Bonchev–Trinajstić information content (AvgIpc) is 3.20. The van der Waals surface area contributed by atoms with Gasteiger partial charge in [0, 0.05) is 22.8 Å². The highest BCUT2D eigenvalue weighted by atomic mass is 32.2. The smallest absolute Gasteiger partial charge is 0.352 e. The monoisotopic (exact) mass is 416 g/mol. The lowest BCUT2D eigenvalue weighted by Crippen LogP contribution is -2.83. The maximum Gasteiger partial charge on any atom is 0.352 e. The number of thiophene rings is 1. The lowest BCUT2D eigenvalue weighted by molar-refractivity contribution is -0.704. The molecule has 2 atom stereocenters. The first-order valence-corrected chi connectivity index (χ1v) is 10.6. The van der Waals surface area contributed by atoms with Crippen LogP contribution in [0.5, 0.6) is 0 Å². The molecule has 0 saturated carbocycles. The SMILES string of the molecule is O=C(Cc1cccs1)NC1(C[n+]2ccccc2)C(=O)N2C(C(=O)O)=CCS[C@H]21. The average molecular weight is 417 g/mol. The van der Waals surface area contributed by atoms with E-state index in [4.69, 9.17) is 0 Å². The molecular formula is C19H18N3O4S2+. The van der Waals surface area contributed by atoms with Crippen molar-refractivity contribution >= 4 is 40.9 Å². The molecule has 144 valence electrons. The van der Waals surface area contributed by atoms with Crippen molar-refractivity contribution in [3.05, 3.63) is 64.8 Å². The van der Waals surface area contributed by atoms with E-state index >= 15 is 0 Å². The first kappa shape index (κ1) is 18.7. The van der Waals surface area contributed by atoms with Crippen molar-refractivity contribution in [2.45, 2.75) is 23.9 Å². The Labute approximate surface area is 169 Å². The highest BCUT2D eigenvalue weighted by molar-refractivity contribution is 8.00. The molecule has 2 aromatic heterocycles. The predicted molar refractivity (Wildman–Crippen MR) is 104 cm³/mol. The summed E-state index contributed by atoms with van der Waals surface area (Å²) in [5.74, 6) is -1.31. The second-order valence-electron chi connectivity index (χ2n) is 6.58. The molecule has 0 spiro atoms. The third-order valence-corrected chi connectivity index (χ3v) is 6.92. The Hall–Kier alpha value is -2.65. The number of β-lactam (4-membered cyclic amide) rings is 1. The van der Waals surface area contributed by atoms with Crippen molar-refractivity contribution in [1.29, 1.82) is 0 Å². The van der Waals surface area contributed by atoms with Crippen molar-refractivity contribution in [3.8, 4) is 0 Å². The molecule has 0 aromatic carbocycles. The topological polar surface area (TPSA) is 90.6 Å². The number of rotatable bonds is 6. The Morgan fingerprint density at radius 1 is 1.29 bits per heavy atom. The number of hydrogen-bond acceptors (Lipinski definition) is 5. The molecule has 4 rings (SSSR count). The molecule has 2 aliphatic rings. The van der Waals surface area contributed by atoms with Crippen LogP contribution < -0.4 is 9.88 Å². The van der Waals surface area contributed by atoms with Gasteiger partial charge >= 0.3 is 5.97 Å². The highest BCUT2D eigenvalue weighted by Gasteiger charge is 2.67. The molecule has 7 nitrogen and oxygen atoms in total. The zero-order chi connectivity index (χ0) is 19.7. The summed E-state index contributed by atoms with van der Waals surface area (Å²) < 4.78 is 1.83. The first-order chi connectivity index (χ1) is 13.5. The van der Waals surface area contributed by atoms with Gasteiger partial charge in [0.25, 0.3) is 5.91 Å². The van der Waals surface area contributed by atoms with Gasteiger partial charge in [-0.1, -0.05) is 12.1 Å². The van der Waals surface area contributed by atoms with Crippen LogP contribution >= 0.6 is 23.1 Å². The number of aliphatic carboxylic acids is 1. The van der Waals surface area contributed by atoms with Crippen LogP contribution in [0.1, 0.15) is 4.88 Å². The molecule has 28 heavy (non-hydrogen) atoms. The molecule has 9 heteroatoms. The van der Waals surface area contributed by atoms with Crippen molar-refractivity contribution in [2.24, 2.45) is 0 Å². The Morgan fingerprint density at radius 3 is 2.75 bits per heavy atom. The van der Waals surface area contributed by atoms with Gasteiger partial charge in [0.15, 0.2) is 18.9 Å². The van der Waals surface area contributed by atoms with Crippen LogP contribution in [0.3, 0.4) is 0 Å². The molecule has 2 aliphatic heterocycles. The fraction of sp³-hybridized carbons (Fsp3) is 0.263. The fourth-order valence-corrected chi connectivity index (χ4v) is 5.55. The summed E-state index contributed by atoms with van der Waals surface area (Å²) in [6.45, 7) is 0.240. The van der Waals surface area contributed by atoms with E-state index in [9.17, 15) is 19.5 Å². The van der Waals surface area contributed by atoms with Crippen molar-refractivity contribution < 1.29 is 24.1 Å². The second-order valence-corrected chi connectivity index (χ2v) is 8.72. The van der Waals surface area contributed by atoms with Gasteiger partial charge in [-0.2, -0.15) is 0 Å². The summed E-state index contributed by atoms with van der Waals surface area (Å²) in [5, 5.41) is 13.8. The molecule has 2 N–H and O–H groups in total. The number of carboxylic acids is 1. The minimum atomic E-state index is -1.18. The summed E-state index contributed by atoms with van der Waals surface area (Å²) in [4.78, 5) is 39.6. The highest BCUT2D eigenvalue weighted by Crippen LogP contribution is 2.44. The van der Waals surface area contributed by atoms with Gasteiger partial charge in [0.2, 0.25) is 11.4 Å². The number of carbonyl (C=O) groups is 3. The predicted octanol–water partition coefficient (Wildman–Crippen LogP) is 1.02. The van der Waals surface area contributed by atoms with E-state index in [0.717, 1.165) is 4.88 Å². The Kier molecular flexibility index (Phi) is 4.94. The van der Waals surface area contributed by atoms with E-state index < -0.39 is 22.8 Å². The summed E-state index contributed by atoms with van der Waals surface area (Å²) in [5.41, 5.74) is -1.20. The number of carboxylic acid groups (broad SMARTS) is 1. The van der Waals surface area contributed by atoms with Gasteiger partial charge in [-0.25, -0.2) is 9.36 Å². The zero-order valence-electron chi connectivity index (χ0n) is 14.8. The minimum Gasteiger partial charge on any atom is -0.477 e. The van der Waals surface area contributed by atoms with E-state index in [1.54, 1.807) is 0 Å². The fourth-order valence-electron chi connectivity index (χ4n) is 3.53. The van der Waals surface area contributed by atoms with Gasteiger partial charge in [-0.15, -0.1) is 23.1 Å². The lowest BCUT2D eigenvalue weighted by atomic mass is 9.86. The number of nitrogens with one attached hydrogen (secondary N) is 1. The van der Waals surface area contributed by atoms with Gasteiger partial charge in [0.1, 0.15) is 11.1 Å². The number of fused-ring (bicyclic) bond motifs is 1. The first-order valence-electron chi connectivity index (χ1n) is 8.67. The molecule has 1 fully saturated rings. The van der Waals surface area contributed by atoms with Crippen LogP contribution in [0.2, 0.25) is 0 Å². The van der Waals surface area contributed by atoms with Gasteiger partial charge < -0.3 is 10.4 Å². The molecule has 2 aromatic rings. The van der Waals surface area contributed by atoms with Crippen LogP contribution in [0.15, 0.2) is 59.9 Å². The molecule has 0 bridgehead atoms. The van der Waals surface area contributed by atoms with Crippen LogP contribution in [0.4, 0.5) is 0 Å².